The number of aliphatic hydroxyl groups excluding tert-OH is 1. The second kappa shape index (κ2) is 5.12. The molecule has 0 radical (unpaired) electrons. The molecule has 1 aliphatic heterocycles. The van der Waals surface area contributed by atoms with E-state index in [0.29, 0.717) is 19.4 Å². The van der Waals surface area contributed by atoms with Crippen LogP contribution in [0.4, 0.5) is 0 Å². The van der Waals surface area contributed by atoms with Crippen LogP contribution < -0.4 is 11.1 Å². The first-order chi connectivity index (χ1) is 7.46. The molecule has 0 aromatic carbocycles. The highest BCUT2D eigenvalue weighted by atomic mass is 16.5. The van der Waals surface area contributed by atoms with Crippen molar-refractivity contribution in [2.45, 2.75) is 44.2 Å². The molecule has 1 aliphatic rings. The first-order valence-corrected chi connectivity index (χ1v) is 5.76. The van der Waals surface area contributed by atoms with Gasteiger partial charge < -0.3 is 20.9 Å². The van der Waals surface area contributed by atoms with Gasteiger partial charge in [0.2, 0.25) is 5.91 Å². The van der Waals surface area contributed by atoms with Crippen LogP contribution in [0.25, 0.3) is 0 Å². The molecule has 4 N–H and O–H groups in total. The molecule has 5 heteroatoms. The number of nitrogens with two attached hydrogens (primary N) is 1. The van der Waals surface area contributed by atoms with Gasteiger partial charge in [-0.05, 0) is 26.2 Å². The zero-order chi connectivity index (χ0) is 12.2. The van der Waals surface area contributed by atoms with Crippen LogP contribution in [-0.2, 0) is 9.53 Å². The Morgan fingerprint density at radius 1 is 1.69 bits per heavy atom. The van der Waals surface area contributed by atoms with Crippen molar-refractivity contribution < 1.29 is 14.6 Å². The van der Waals surface area contributed by atoms with Crippen molar-refractivity contribution in [3.63, 3.8) is 0 Å². The number of hydrogen-bond acceptors (Lipinski definition) is 4. The minimum Gasteiger partial charge on any atom is -0.396 e. The minimum atomic E-state index is -0.897. The number of amides is 1. The first kappa shape index (κ1) is 13.4. The topological polar surface area (TPSA) is 84.6 Å². The Kier molecular flexibility index (Phi) is 4.29. The molecule has 0 aromatic rings. The van der Waals surface area contributed by atoms with Gasteiger partial charge in [0.25, 0.3) is 0 Å². The number of ether oxygens (including phenoxy) is 1. The van der Waals surface area contributed by atoms with Gasteiger partial charge >= 0.3 is 0 Å². The van der Waals surface area contributed by atoms with Crippen LogP contribution in [0.1, 0.15) is 33.1 Å². The van der Waals surface area contributed by atoms with Crippen molar-refractivity contribution in [3.8, 4) is 0 Å². The highest BCUT2D eigenvalue weighted by Gasteiger charge is 2.40. The van der Waals surface area contributed by atoms with E-state index in [2.05, 4.69) is 5.32 Å². The van der Waals surface area contributed by atoms with Crippen molar-refractivity contribution in [2.75, 3.05) is 19.8 Å². The largest absolute Gasteiger partial charge is 0.396 e. The average Bonchev–Trinajstić information content (AvgIpc) is 2.67. The molecule has 0 aromatic heterocycles. The van der Waals surface area contributed by atoms with Crippen molar-refractivity contribution in [1.82, 2.24) is 5.32 Å². The molecule has 1 heterocycles. The summed E-state index contributed by atoms with van der Waals surface area (Å²) < 4.78 is 5.15. The standard InChI is InChI=1S/C11H22N2O3/c1-3-10(2,4-6-14)13-9(15)11(12)5-7-16-8-11/h14H,3-8,12H2,1-2H3,(H,13,15). The van der Waals surface area contributed by atoms with E-state index in [1.165, 1.54) is 0 Å². The molecule has 0 saturated carbocycles. The van der Waals surface area contributed by atoms with Crippen LogP contribution >= 0.6 is 0 Å². The molecule has 94 valence electrons. The number of hydrogen-bond donors (Lipinski definition) is 3. The van der Waals surface area contributed by atoms with E-state index in [1.54, 1.807) is 0 Å². The molecular formula is C11H22N2O3. The van der Waals surface area contributed by atoms with Gasteiger partial charge in [-0.1, -0.05) is 6.92 Å². The van der Waals surface area contributed by atoms with Gasteiger partial charge in [-0.25, -0.2) is 0 Å². The normalized spacial score (nSPS) is 28.8. The second-order valence-corrected chi connectivity index (χ2v) is 4.80. The molecule has 1 rings (SSSR count). The molecule has 1 amide bonds. The summed E-state index contributed by atoms with van der Waals surface area (Å²) in [5.41, 5.74) is 4.68. The number of aliphatic hydroxyl groups is 1. The van der Waals surface area contributed by atoms with Gasteiger partial charge in [-0.2, -0.15) is 0 Å². The highest BCUT2D eigenvalue weighted by molar-refractivity contribution is 5.87. The highest BCUT2D eigenvalue weighted by Crippen LogP contribution is 2.20. The summed E-state index contributed by atoms with van der Waals surface area (Å²) in [6.07, 6.45) is 1.85. The van der Waals surface area contributed by atoms with Gasteiger partial charge in [0, 0.05) is 18.8 Å². The van der Waals surface area contributed by atoms with Gasteiger partial charge in [0.1, 0.15) is 5.54 Å². The molecule has 5 nitrogen and oxygen atoms in total. The average molecular weight is 230 g/mol. The van der Waals surface area contributed by atoms with Crippen LogP contribution in [0.5, 0.6) is 0 Å². The lowest BCUT2D eigenvalue weighted by molar-refractivity contribution is -0.128. The third-order valence-electron chi connectivity index (χ3n) is 3.36. The number of carbonyl (C=O) groups excluding carboxylic acids is 1. The van der Waals surface area contributed by atoms with Crippen molar-refractivity contribution in [3.05, 3.63) is 0 Å². The van der Waals surface area contributed by atoms with E-state index in [9.17, 15) is 4.79 Å². The van der Waals surface area contributed by atoms with Gasteiger partial charge in [0.05, 0.1) is 6.61 Å². The van der Waals surface area contributed by atoms with Gasteiger partial charge in [-0.3, -0.25) is 4.79 Å². The molecule has 0 spiro atoms. The Morgan fingerprint density at radius 2 is 2.38 bits per heavy atom. The predicted octanol–water partition coefficient (Wildman–Crippen LogP) is -0.228. The monoisotopic (exact) mass is 230 g/mol. The zero-order valence-electron chi connectivity index (χ0n) is 10.1. The first-order valence-electron chi connectivity index (χ1n) is 5.76. The number of carbonyl (C=O) groups is 1. The fraction of sp³-hybridized carbons (Fsp3) is 0.909. The van der Waals surface area contributed by atoms with E-state index in [-0.39, 0.29) is 24.7 Å². The summed E-state index contributed by atoms with van der Waals surface area (Å²) in [7, 11) is 0. The van der Waals surface area contributed by atoms with E-state index < -0.39 is 5.54 Å². The summed E-state index contributed by atoms with van der Waals surface area (Å²) in [5, 5.41) is 11.9. The fourth-order valence-electron chi connectivity index (χ4n) is 1.73. The fourth-order valence-corrected chi connectivity index (χ4v) is 1.73. The maximum atomic E-state index is 12.0. The smallest absolute Gasteiger partial charge is 0.242 e. The lowest BCUT2D eigenvalue weighted by atomic mass is 9.91. The molecule has 0 bridgehead atoms. The summed E-state index contributed by atoms with van der Waals surface area (Å²) in [5.74, 6) is -0.178. The summed E-state index contributed by atoms with van der Waals surface area (Å²) in [6.45, 7) is 4.76. The maximum absolute atomic E-state index is 12.0. The quantitative estimate of drug-likeness (QED) is 0.609. The third-order valence-corrected chi connectivity index (χ3v) is 3.36. The molecule has 1 saturated heterocycles. The van der Waals surface area contributed by atoms with Crippen LogP contribution in [0.2, 0.25) is 0 Å². The predicted molar refractivity (Wildman–Crippen MR) is 60.9 cm³/mol. The Morgan fingerprint density at radius 3 is 2.81 bits per heavy atom. The summed E-state index contributed by atoms with van der Waals surface area (Å²) >= 11 is 0. The van der Waals surface area contributed by atoms with Crippen LogP contribution in [0.15, 0.2) is 0 Å². The third kappa shape index (κ3) is 2.93. The van der Waals surface area contributed by atoms with E-state index in [0.717, 1.165) is 6.42 Å². The SMILES string of the molecule is CCC(C)(CCO)NC(=O)C1(N)CCOC1. The van der Waals surface area contributed by atoms with Crippen molar-refractivity contribution in [1.29, 1.82) is 0 Å². The molecule has 16 heavy (non-hydrogen) atoms. The Bertz CT molecular complexity index is 252. The molecule has 0 aliphatic carbocycles. The van der Waals surface area contributed by atoms with E-state index in [1.807, 2.05) is 13.8 Å². The van der Waals surface area contributed by atoms with Gasteiger partial charge in [0.15, 0.2) is 0 Å². The van der Waals surface area contributed by atoms with E-state index in [4.69, 9.17) is 15.6 Å². The Hall–Kier alpha value is -0.650. The van der Waals surface area contributed by atoms with Crippen molar-refractivity contribution in [2.24, 2.45) is 5.73 Å². The summed E-state index contributed by atoms with van der Waals surface area (Å²) in [4.78, 5) is 12.0. The van der Waals surface area contributed by atoms with E-state index >= 15 is 0 Å². The second-order valence-electron chi connectivity index (χ2n) is 4.80. The number of rotatable bonds is 5. The lowest BCUT2D eigenvalue weighted by Gasteiger charge is -2.33. The number of nitrogens with one attached hydrogen (secondary N) is 1. The Labute approximate surface area is 96.3 Å². The van der Waals surface area contributed by atoms with Crippen molar-refractivity contribution >= 4 is 5.91 Å². The zero-order valence-corrected chi connectivity index (χ0v) is 10.1. The van der Waals surface area contributed by atoms with Crippen LogP contribution in [0, 0.1) is 0 Å². The summed E-state index contributed by atoms with van der Waals surface area (Å²) in [6, 6.07) is 0. The molecular weight excluding hydrogens is 208 g/mol. The molecule has 2 unspecified atom stereocenters. The minimum absolute atomic E-state index is 0.0543. The molecule has 2 atom stereocenters. The van der Waals surface area contributed by atoms with Gasteiger partial charge in [-0.15, -0.1) is 0 Å². The molecule has 1 fully saturated rings. The maximum Gasteiger partial charge on any atom is 0.242 e. The Balaban J connectivity index is 2.61. The lowest BCUT2D eigenvalue weighted by Crippen LogP contribution is -2.60. The van der Waals surface area contributed by atoms with Crippen LogP contribution in [-0.4, -0.2) is 41.9 Å². The van der Waals surface area contributed by atoms with Crippen LogP contribution in [0.3, 0.4) is 0 Å².